The Morgan fingerprint density at radius 2 is 1.08 bits per heavy atom. The number of rotatable bonds is 28. The van der Waals surface area contributed by atoms with Crippen LogP contribution in [0.15, 0.2) is 71.8 Å². The first-order chi connectivity index (χ1) is 25.6. The van der Waals surface area contributed by atoms with Gasteiger partial charge in [-0.25, -0.2) is 4.70 Å². The van der Waals surface area contributed by atoms with E-state index in [4.69, 9.17) is 0 Å². The van der Waals surface area contributed by atoms with Crippen LogP contribution in [0.3, 0.4) is 0 Å². The molecule has 0 atom stereocenters. The molecule has 0 saturated heterocycles. The van der Waals surface area contributed by atoms with E-state index in [1.54, 1.807) is 0 Å². The number of hydrogen-bond acceptors (Lipinski definition) is 0. The van der Waals surface area contributed by atoms with Gasteiger partial charge in [-0.1, -0.05) is 135 Å². The van der Waals surface area contributed by atoms with E-state index in [1.165, 1.54) is 147 Å². The molecule has 52 heavy (non-hydrogen) atoms. The van der Waals surface area contributed by atoms with Crippen molar-refractivity contribution in [3.63, 3.8) is 0 Å². The quantitative estimate of drug-likeness (QED) is 0.0470. The third kappa shape index (κ3) is 17.7. The van der Waals surface area contributed by atoms with Crippen LogP contribution in [-0.2, 0) is 27.3 Å². The maximum absolute atomic E-state index is 12.0. The van der Waals surface area contributed by atoms with Crippen LogP contribution in [0.5, 0.6) is 0 Å². The first-order valence-corrected chi connectivity index (χ1v) is 23.2. The van der Waals surface area contributed by atoms with Crippen molar-refractivity contribution < 1.29 is 19.1 Å². The Balaban J connectivity index is 0.000000916. The molecule has 1 aliphatic heterocycles. The predicted octanol–water partition coefficient (Wildman–Crippen LogP) is 16.7. The maximum atomic E-state index is 12.0. The molecule has 0 bridgehead atoms. The molecule has 0 aliphatic carbocycles. The Morgan fingerprint density at radius 1 is 0.519 bits per heavy atom. The van der Waals surface area contributed by atoms with E-state index in [0.717, 1.165) is 61.0 Å². The molecule has 3 heteroatoms. The summed E-state index contributed by atoms with van der Waals surface area (Å²) >= 11 is 1.94. The summed E-state index contributed by atoms with van der Waals surface area (Å²) in [7, 11) is 0. The van der Waals surface area contributed by atoms with Gasteiger partial charge in [0, 0.05) is 16.7 Å². The van der Waals surface area contributed by atoms with Crippen LogP contribution in [0.2, 0.25) is 10.8 Å². The van der Waals surface area contributed by atoms with Crippen molar-refractivity contribution in [3.05, 3.63) is 99.6 Å². The monoisotopic (exact) mass is 753 g/mol. The van der Waals surface area contributed by atoms with Crippen LogP contribution in [0.1, 0.15) is 199 Å². The van der Waals surface area contributed by atoms with Crippen molar-refractivity contribution >= 4 is 11.4 Å². The number of benzene rings is 2. The van der Waals surface area contributed by atoms with Gasteiger partial charge in [-0.05, 0) is 86.8 Å². The fraction of sp³-hybridized carbons (Fsp3) is 0.633. The molecule has 0 amide bonds. The number of nitrogens with zero attached hydrogens (tertiary/aromatic N) is 2. The normalized spacial score (nSPS) is 13.2. The Kier molecular flexibility index (Phi) is 26.6. The molecule has 1 aliphatic rings. The van der Waals surface area contributed by atoms with Crippen LogP contribution < -0.4 is 0 Å². The summed E-state index contributed by atoms with van der Waals surface area (Å²) in [6.07, 6.45) is 33.4. The van der Waals surface area contributed by atoms with Crippen LogP contribution in [-0.4, -0.2) is 4.70 Å². The first kappa shape index (κ1) is 45.9. The molecule has 2 aromatic rings. The van der Waals surface area contributed by atoms with E-state index in [0.29, 0.717) is 0 Å². The minimum absolute atomic E-state index is 0.947. The van der Waals surface area contributed by atoms with E-state index >= 15 is 0 Å². The Labute approximate surface area is 328 Å². The third-order valence-corrected chi connectivity index (χ3v) is 11.4. The number of allylic oxidation sites excluding steroid dienone is 4. The molecule has 3 rings (SSSR count). The molecule has 0 radical (unpaired) electrons. The van der Waals surface area contributed by atoms with Gasteiger partial charge in [-0.3, -0.25) is 0 Å². The summed E-state index contributed by atoms with van der Waals surface area (Å²) < 4.78 is 1.53. The molecule has 0 saturated carbocycles. The van der Waals surface area contributed by atoms with Crippen LogP contribution in [0, 0.1) is 0 Å². The SMILES string of the molecule is CCCCCCCCC=CC1=C(c2cccc(CCCCCC)c2)[N+](=[N-])C(c2ccc(CCCCC)cc2)=C1CCCC.CCC[CH2][Ni][CH2]CCC. The summed E-state index contributed by atoms with van der Waals surface area (Å²) in [6.45, 7) is 13.6. The zero-order valence-electron chi connectivity index (χ0n) is 34.7. The Hall–Kier alpha value is -2.25. The fourth-order valence-corrected chi connectivity index (χ4v) is 8.17. The molecule has 0 fully saturated rings. The average molecular weight is 754 g/mol. The molecule has 2 aromatic carbocycles. The van der Waals surface area contributed by atoms with Crippen LogP contribution >= 0.6 is 0 Å². The number of unbranched alkanes of at least 4 members (excludes halogenated alkanes) is 14. The molecule has 0 spiro atoms. The van der Waals surface area contributed by atoms with Gasteiger partial charge in [0.15, 0.2) is 0 Å². The van der Waals surface area contributed by atoms with Gasteiger partial charge in [0.25, 0.3) is 0 Å². The second kappa shape index (κ2) is 30.1. The number of aryl methyl sites for hydroxylation is 2. The fourth-order valence-electron chi connectivity index (χ4n) is 6.73. The van der Waals surface area contributed by atoms with E-state index in [1.807, 2.05) is 14.4 Å². The van der Waals surface area contributed by atoms with Gasteiger partial charge < -0.3 is 5.53 Å². The molecule has 1 heterocycles. The van der Waals surface area contributed by atoms with Crippen molar-refractivity contribution in [1.29, 1.82) is 0 Å². The second-order valence-corrected chi connectivity index (χ2v) is 16.3. The summed E-state index contributed by atoms with van der Waals surface area (Å²) in [5.41, 5.74) is 21.4. The number of hydrogen-bond donors (Lipinski definition) is 0. The van der Waals surface area contributed by atoms with Crippen molar-refractivity contribution in [2.24, 2.45) is 0 Å². The van der Waals surface area contributed by atoms with Crippen LogP contribution in [0.4, 0.5) is 0 Å². The summed E-state index contributed by atoms with van der Waals surface area (Å²) in [6, 6.07) is 17.9. The average Bonchev–Trinajstić information content (AvgIpc) is 3.44. The Morgan fingerprint density at radius 3 is 1.73 bits per heavy atom. The summed E-state index contributed by atoms with van der Waals surface area (Å²) in [4.78, 5) is 0. The summed E-state index contributed by atoms with van der Waals surface area (Å²) in [5.74, 6) is 0. The summed E-state index contributed by atoms with van der Waals surface area (Å²) in [5, 5.41) is 2.78. The van der Waals surface area contributed by atoms with Crippen molar-refractivity contribution in [3.8, 4) is 0 Å². The molecular formula is C49H78N2Ni. The van der Waals surface area contributed by atoms with Gasteiger partial charge in [0.1, 0.15) is 0 Å². The second-order valence-electron chi connectivity index (χ2n) is 14.8. The molecule has 0 N–H and O–H groups in total. The molecular weight excluding hydrogens is 675 g/mol. The van der Waals surface area contributed by atoms with E-state index < -0.39 is 0 Å². The topological polar surface area (TPSA) is 25.3 Å². The van der Waals surface area contributed by atoms with Gasteiger partial charge in [-0.15, -0.1) is 0 Å². The zero-order chi connectivity index (χ0) is 37.7. The minimum atomic E-state index is 0.947. The molecule has 0 aromatic heterocycles. The third-order valence-electron chi connectivity index (χ3n) is 10.0. The first-order valence-electron chi connectivity index (χ1n) is 21.8. The van der Waals surface area contributed by atoms with Crippen molar-refractivity contribution in [2.75, 3.05) is 0 Å². The molecule has 2 nitrogen and oxygen atoms in total. The van der Waals surface area contributed by atoms with Crippen LogP contribution in [0.25, 0.3) is 16.9 Å². The van der Waals surface area contributed by atoms with Gasteiger partial charge >= 0.3 is 64.8 Å². The molecule has 0 unspecified atom stereocenters. The standard InChI is InChI=1S/C41H60N2.2C4H9.Ni/c1-5-9-13-15-16-17-18-21-28-39-38(27-12-8-4)40(36-31-29-34(30-32-36)23-19-11-7-3)43(42)41(39)37-26-22-25-35(33-37)24-20-14-10-6-2;2*1-3-4-2;/h21-22,25-26,28-33H,5-20,23-24,27H2,1-4H3;2*1,3-4H2,2H3;. The van der Waals surface area contributed by atoms with E-state index in [-0.39, 0.29) is 0 Å². The van der Waals surface area contributed by atoms with Crippen molar-refractivity contribution in [2.45, 2.75) is 200 Å². The van der Waals surface area contributed by atoms with Crippen molar-refractivity contribution in [1.82, 2.24) is 0 Å². The zero-order valence-corrected chi connectivity index (χ0v) is 35.6. The molecule has 294 valence electrons. The van der Waals surface area contributed by atoms with Gasteiger partial charge in [-0.2, -0.15) is 0 Å². The van der Waals surface area contributed by atoms with E-state index in [2.05, 4.69) is 102 Å². The Bertz CT molecular complexity index is 1310. The predicted molar refractivity (Wildman–Crippen MR) is 228 cm³/mol. The van der Waals surface area contributed by atoms with Gasteiger partial charge in [0.05, 0.1) is 5.57 Å². The van der Waals surface area contributed by atoms with Gasteiger partial charge in [0.2, 0.25) is 11.4 Å². The van der Waals surface area contributed by atoms with E-state index in [9.17, 15) is 5.53 Å².